The lowest BCUT2D eigenvalue weighted by Crippen LogP contribution is -2.11. The first-order valence-corrected chi connectivity index (χ1v) is 14.9. The fourth-order valence-electron chi connectivity index (χ4n) is 4.67. The minimum atomic E-state index is -0.554. The standard InChI is InChI=1S/C30H38N2O8S/c1-7-13-17-21(27(33)37-9-3)25(31-23(17)29(35)39-11-5)19-15-16-20(41-19)26-22(28(34)38-10-4)18(14-8-2)24(32-26)30(36)40-12-6/h15-16,31-32H,7-14H2,1-6H3. The summed E-state index contributed by atoms with van der Waals surface area (Å²) in [5.74, 6) is -2.20. The molecule has 0 unspecified atom stereocenters. The van der Waals surface area contributed by atoms with Gasteiger partial charge < -0.3 is 28.9 Å². The van der Waals surface area contributed by atoms with Crippen LogP contribution in [-0.4, -0.2) is 60.3 Å². The van der Waals surface area contributed by atoms with Gasteiger partial charge in [0.1, 0.15) is 11.4 Å². The number of thiophene rings is 1. The van der Waals surface area contributed by atoms with Gasteiger partial charge in [-0.25, -0.2) is 19.2 Å². The van der Waals surface area contributed by atoms with E-state index in [2.05, 4.69) is 9.97 Å². The Bertz CT molecular complexity index is 1290. The van der Waals surface area contributed by atoms with Crippen LogP contribution in [0.1, 0.15) is 107 Å². The summed E-state index contributed by atoms with van der Waals surface area (Å²) in [7, 11) is 0. The van der Waals surface area contributed by atoms with Crippen LogP contribution in [0.2, 0.25) is 0 Å². The molecule has 0 aliphatic rings. The van der Waals surface area contributed by atoms with Gasteiger partial charge in [0.05, 0.1) is 58.7 Å². The maximum Gasteiger partial charge on any atom is 0.355 e. The Balaban J connectivity index is 2.25. The summed E-state index contributed by atoms with van der Waals surface area (Å²) in [6, 6.07) is 3.58. The second kappa shape index (κ2) is 14.7. The van der Waals surface area contributed by atoms with Crippen molar-refractivity contribution in [1.29, 1.82) is 0 Å². The molecule has 0 aliphatic heterocycles. The minimum absolute atomic E-state index is 0.168. The molecule has 0 bridgehead atoms. The van der Waals surface area contributed by atoms with Crippen molar-refractivity contribution in [1.82, 2.24) is 9.97 Å². The molecule has 41 heavy (non-hydrogen) atoms. The van der Waals surface area contributed by atoms with Crippen molar-refractivity contribution in [3.8, 4) is 21.1 Å². The Morgan fingerprint density at radius 1 is 0.585 bits per heavy atom. The van der Waals surface area contributed by atoms with Gasteiger partial charge in [-0.3, -0.25) is 0 Å². The molecular weight excluding hydrogens is 548 g/mol. The van der Waals surface area contributed by atoms with E-state index in [1.807, 2.05) is 13.8 Å². The van der Waals surface area contributed by atoms with Crippen molar-refractivity contribution in [2.24, 2.45) is 0 Å². The van der Waals surface area contributed by atoms with E-state index in [-0.39, 0.29) is 48.9 Å². The molecule has 0 fully saturated rings. The molecular formula is C30H38N2O8S. The van der Waals surface area contributed by atoms with Gasteiger partial charge in [0, 0.05) is 0 Å². The maximum absolute atomic E-state index is 13.2. The van der Waals surface area contributed by atoms with Crippen molar-refractivity contribution in [3.63, 3.8) is 0 Å². The number of carbonyl (C=O) groups is 4. The molecule has 0 saturated carbocycles. The van der Waals surface area contributed by atoms with Crippen LogP contribution in [0, 0.1) is 0 Å². The van der Waals surface area contributed by atoms with Gasteiger partial charge in [-0.05, 0) is 63.8 Å². The van der Waals surface area contributed by atoms with Gasteiger partial charge in [-0.15, -0.1) is 11.3 Å². The number of carbonyl (C=O) groups excluding carboxylic acids is 4. The lowest BCUT2D eigenvalue weighted by Gasteiger charge is -2.07. The number of esters is 4. The van der Waals surface area contributed by atoms with E-state index in [0.717, 1.165) is 0 Å². The Labute approximate surface area is 243 Å². The Morgan fingerprint density at radius 3 is 1.24 bits per heavy atom. The van der Waals surface area contributed by atoms with Gasteiger partial charge >= 0.3 is 23.9 Å². The van der Waals surface area contributed by atoms with Gasteiger partial charge in [-0.1, -0.05) is 26.7 Å². The highest BCUT2D eigenvalue weighted by Gasteiger charge is 2.31. The third-order valence-corrected chi connectivity index (χ3v) is 7.34. The van der Waals surface area contributed by atoms with E-state index in [1.165, 1.54) is 11.3 Å². The minimum Gasteiger partial charge on any atom is -0.462 e. The third kappa shape index (κ3) is 6.73. The maximum atomic E-state index is 13.2. The monoisotopic (exact) mass is 586 g/mol. The number of aromatic nitrogens is 2. The summed E-state index contributed by atoms with van der Waals surface area (Å²) in [6.07, 6.45) is 2.30. The molecule has 11 heteroatoms. The SMILES string of the molecule is CCCc1c(C(=O)OCC)[nH]c(-c2ccc(-c3[nH]c(C(=O)OCC)c(CCC)c3C(=O)OCC)s2)c1C(=O)OCC. The third-order valence-electron chi connectivity index (χ3n) is 6.22. The number of rotatable bonds is 14. The number of hydrogen-bond acceptors (Lipinski definition) is 9. The topological polar surface area (TPSA) is 137 Å². The summed E-state index contributed by atoms with van der Waals surface area (Å²) in [6.45, 7) is 11.5. The second-order valence-corrected chi connectivity index (χ2v) is 10.1. The van der Waals surface area contributed by atoms with Crippen LogP contribution in [0.15, 0.2) is 12.1 Å². The number of aromatic amines is 2. The zero-order chi connectivity index (χ0) is 30.1. The zero-order valence-electron chi connectivity index (χ0n) is 24.5. The first-order valence-electron chi connectivity index (χ1n) is 14.1. The van der Waals surface area contributed by atoms with Crippen LogP contribution in [0.5, 0.6) is 0 Å². The fourth-order valence-corrected chi connectivity index (χ4v) is 5.69. The summed E-state index contributed by atoms with van der Waals surface area (Å²) in [5.41, 5.74) is 2.91. The van der Waals surface area contributed by atoms with Crippen molar-refractivity contribution in [3.05, 3.63) is 45.8 Å². The summed E-state index contributed by atoms with van der Waals surface area (Å²) in [4.78, 5) is 59.5. The molecule has 2 N–H and O–H groups in total. The van der Waals surface area contributed by atoms with E-state index in [0.29, 0.717) is 58.0 Å². The van der Waals surface area contributed by atoms with E-state index < -0.39 is 23.9 Å². The summed E-state index contributed by atoms with van der Waals surface area (Å²) >= 11 is 1.29. The molecule has 0 aromatic carbocycles. The van der Waals surface area contributed by atoms with Crippen molar-refractivity contribution in [2.45, 2.75) is 67.2 Å². The van der Waals surface area contributed by atoms with E-state index in [9.17, 15) is 19.2 Å². The van der Waals surface area contributed by atoms with Crippen LogP contribution >= 0.6 is 11.3 Å². The molecule has 0 spiro atoms. The average molecular weight is 587 g/mol. The molecule has 0 amide bonds. The van der Waals surface area contributed by atoms with Crippen LogP contribution in [0.3, 0.4) is 0 Å². The molecule has 3 heterocycles. The fraction of sp³-hybridized carbons (Fsp3) is 0.467. The predicted octanol–water partition coefficient (Wildman–Crippen LogP) is 6.35. The molecule has 3 rings (SSSR count). The van der Waals surface area contributed by atoms with Crippen LogP contribution in [-0.2, 0) is 31.8 Å². The zero-order valence-corrected chi connectivity index (χ0v) is 25.3. The molecule has 222 valence electrons. The molecule has 3 aromatic rings. The van der Waals surface area contributed by atoms with Gasteiger partial charge in [0.15, 0.2) is 0 Å². The molecule has 0 atom stereocenters. The average Bonchev–Trinajstić information content (AvgIpc) is 3.65. The summed E-state index contributed by atoms with van der Waals surface area (Å²) in [5, 5.41) is 0. The molecule has 0 aliphatic carbocycles. The van der Waals surface area contributed by atoms with Gasteiger partial charge in [0.2, 0.25) is 0 Å². The van der Waals surface area contributed by atoms with E-state index >= 15 is 0 Å². The van der Waals surface area contributed by atoms with E-state index in [1.54, 1.807) is 39.8 Å². The molecule has 0 saturated heterocycles. The number of H-pyrrole nitrogens is 2. The second-order valence-electron chi connectivity index (χ2n) is 9.00. The van der Waals surface area contributed by atoms with Crippen LogP contribution in [0.25, 0.3) is 21.1 Å². The van der Waals surface area contributed by atoms with Crippen molar-refractivity contribution >= 4 is 35.2 Å². The highest BCUT2D eigenvalue weighted by atomic mass is 32.1. The normalized spacial score (nSPS) is 10.9. The number of hydrogen-bond donors (Lipinski definition) is 2. The first-order chi connectivity index (χ1) is 19.8. The number of nitrogens with one attached hydrogen (secondary N) is 2. The lowest BCUT2D eigenvalue weighted by atomic mass is 10.0. The van der Waals surface area contributed by atoms with Crippen LogP contribution < -0.4 is 0 Å². The molecule has 10 nitrogen and oxygen atoms in total. The van der Waals surface area contributed by atoms with Gasteiger partial charge in [-0.2, -0.15) is 0 Å². The van der Waals surface area contributed by atoms with Crippen molar-refractivity contribution < 1.29 is 38.1 Å². The van der Waals surface area contributed by atoms with Crippen molar-refractivity contribution in [2.75, 3.05) is 26.4 Å². The smallest absolute Gasteiger partial charge is 0.355 e. The lowest BCUT2D eigenvalue weighted by molar-refractivity contribution is 0.0504. The first kappa shape index (κ1) is 31.7. The predicted molar refractivity (Wildman–Crippen MR) is 156 cm³/mol. The van der Waals surface area contributed by atoms with Gasteiger partial charge in [0.25, 0.3) is 0 Å². The largest absolute Gasteiger partial charge is 0.462 e. The molecule has 0 radical (unpaired) electrons. The van der Waals surface area contributed by atoms with Crippen LogP contribution in [0.4, 0.5) is 0 Å². The van der Waals surface area contributed by atoms with E-state index in [4.69, 9.17) is 18.9 Å². The quantitative estimate of drug-likeness (QED) is 0.165. The highest BCUT2D eigenvalue weighted by Crippen LogP contribution is 2.40. The summed E-state index contributed by atoms with van der Waals surface area (Å²) < 4.78 is 21.3. The number of ether oxygens (including phenoxy) is 4. The Hall–Kier alpha value is -3.86. The molecule has 3 aromatic heterocycles. The Morgan fingerprint density at radius 2 is 0.927 bits per heavy atom. The highest BCUT2D eigenvalue weighted by molar-refractivity contribution is 7.18. The Kier molecular flexibility index (Phi) is 11.3.